The molecule has 0 spiro atoms. The van der Waals surface area contributed by atoms with E-state index in [1.54, 1.807) is 20.4 Å². The van der Waals surface area contributed by atoms with Crippen molar-refractivity contribution in [3.8, 4) is 11.5 Å². The fourth-order valence-electron chi connectivity index (χ4n) is 2.02. The van der Waals surface area contributed by atoms with Gasteiger partial charge < -0.3 is 19.1 Å². The Morgan fingerprint density at radius 2 is 2.00 bits per heavy atom. The van der Waals surface area contributed by atoms with Gasteiger partial charge >= 0.3 is 0 Å². The van der Waals surface area contributed by atoms with Gasteiger partial charge in [0.25, 0.3) is 0 Å². The van der Waals surface area contributed by atoms with E-state index in [9.17, 15) is 5.11 Å². The molecular weight excluding hydrogens is 244 g/mol. The lowest BCUT2D eigenvalue weighted by molar-refractivity contribution is 0.165. The Balaban J connectivity index is 2.17. The molecule has 5 nitrogen and oxygen atoms in total. The Hall–Kier alpha value is -2.01. The van der Waals surface area contributed by atoms with E-state index in [1.165, 1.54) is 0 Å². The Kier molecular flexibility index (Phi) is 4.06. The SMILES string of the molecule is COc1ccc(CC(O)c2nccn2C)cc1OC. The molecule has 1 heterocycles. The fraction of sp³-hybridized carbons (Fsp3) is 0.357. The molecule has 0 aliphatic carbocycles. The molecule has 2 rings (SSSR count). The molecule has 0 fully saturated rings. The number of hydrogen-bond donors (Lipinski definition) is 1. The van der Waals surface area contributed by atoms with Crippen LogP contribution in [0.3, 0.4) is 0 Å². The first-order valence-electron chi connectivity index (χ1n) is 6.02. The van der Waals surface area contributed by atoms with E-state index in [1.807, 2.05) is 36.0 Å². The van der Waals surface area contributed by atoms with Crippen molar-refractivity contribution in [3.05, 3.63) is 42.0 Å². The first kappa shape index (κ1) is 13.4. The molecule has 0 radical (unpaired) electrons. The summed E-state index contributed by atoms with van der Waals surface area (Å²) in [6.07, 6.45) is 3.32. The van der Waals surface area contributed by atoms with Gasteiger partial charge in [-0.05, 0) is 17.7 Å². The lowest BCUT2D eigenvalue weighted by Crippen LogP contribution is -2.08. The molecule has 1 aromatic carbocycles. The first-order valence-corrected chi connectivity index (χ1v) is 6.02. The highest BCUT2D eigenvalue weighted by Gasteiger charge is 2.14. The van der Waals surface area contributed by atoms with Gasteiger partial charge in [-0.25, -0.2) is 4.98 Å². The standard InChI is InChI=1S/C14H18N2O3/c1-16-7-6-15-14(16)11(17)8-10-4-5-12(18-2)13(9-10)19-3/h4-7,9,11,17H,8H2,1-3H3. The summed E-state index contributed by atoms with van der Waals surface area (Å²) in [5.41, 5.74) is 0.966. The van der Waals surface area contributed by atoms with Crippen molar-refractivity contribution in [2.24, 2.45) is 7.05 Å². The van der Waals surface area contributed by atoms with E-state index in [0.29, 0.717) is 23.7 Å². The number of aliphatic hydroxyl groups is 1. The summed E-state index contributed by atoms with van der Waals surface area (Å²) in [4.78, 5) is 4.15. The lowest BCUT2D eigenvalue weighted by atomic mass is 10.1. The summed E-state index contributed by atoms with van der Waals surface area (Å²) in [5.74, 6) is 1.99. The highest BCUT2D eigenvalue weighted by Crippen LogP contribution is 2.29. The second-order valence-corrected chi connectivity index (χ2v) is 4.31. The molecule has 0 saturated heterocycles. The third-order valence-electron chi connectivity index (χ3n) is 3.03. The molecule has 19 heavy (non-hydrogen) atoms. The number of aromatic nitrogens is 2. The molecule has 0 amide bonds. The normalized spacial score (nSPS) is 12.2. The third kappa shape index (κ3) is 2.88. The third-order valence-corrected chi connectivity index (χ3v) is 3.03. The molecule has 5 heteroatoms. The van der Waals surface area contributed by atoms with Crippen molar-refractivity contribution >= 4 is 0 Å². The lowest BCUT2D eigenvalue weighted by Gasteiger charge is -2.13. The summed E-state index contributed by atoms with van der Waals surface area (Å²) >= 11 is 0. The smallest absolute Gasteiger partial charge is 0.160 e. The maximum atomic E-state index is 10.2. The van der Waals surface area contributed by atoms with Crippen LogP contribution in [0.1, 0.15) is 17.5 Å². The van der Waals surface area contributed by atoms with Crippen LogP contribution in [0.25, 0.3) is 0 Å². The summed E-state index contributed by atoms with van der Waals surface area (Å²) in [6, 6.07) is 5.61. The van der Waals surface area contributed by atoms with Gasteiger partial charge in [-0.2, -0.15) is 0 Å². The minimum Gasteiger partial charge on any atom is -0.493 e. The average molecular weight is 262 g/mol. The number of rotatable bonds is 5. The van der Waals surface area contributed by atoms with Gasteiger partial charge in [0.15, 0.2) is 11.5 Å². The van der Waals surface area contributed by atoms with Gasteiger partial charge in [-0.1, -0.05) is 6.07 Å². The van der Waals surface area contributed by atoms with Crippen molar-refractivity contribution in [1.82, 2.24) is 9.55 Å². The average Bonchev–Trinajstić information content (AvgIpc) is 2.85. The maximum absolute atomic E-state index is 10.2. The minimum atomic E-state index is -0.641. The Morgan fingerprint density at radius 3 is 2.58 bits per heavy atom. The minimum absolute atomic E-state index is 0.477. The summed E-state index contributed by atoms with van der Waals surface area (Å²) < 4.78 is 12.2. The number of ether oxygens (including phenoxy) is 2. The quantitative estimate of drug-likeness (QED) is 0.891. The second-order valence-electron chi connectivity index (χ2n) is 4.31. The highest BCUT2D eigenvalue weighted by molar-refractivity contribution is 5.43. The molecular formula is C14H18N2O3. The molecule has 0 bridgehead atoms. The van der Waals surface area contributed by atoms with Gasteiger partial charge in [0, 0.05) is 25.9 Å². The molecule has 1 atom stereocenters. The Bertz CT molecular complexity index is 551. The van der Waals surface area contributed by atoms with Crippen molar-refractivity contribution in [1.29, 1.82) is 0 Å². The van der Waals surface area contributed by atoms with Crippen molar-refractivity contribution in [2.45, 2.75) is 12.5 Å². The fourth-order valence-corrected chi connectivity index (χ4v) is 2.02. The zero-order valence-electron chi connectivity index (χ0n) is 11.3. The largest absolute Gasteiger partial charge is 0.493 e. The van der Waals surface area contributed by atoms with Crippen LogP contribution in [0, 0.1) is 0 Å². The summed E-state index contributed by atoms with van der Waals surface area (Å²) in [6.45, 7) is 0. The van der Waals surface area contributed by atoms with Crippen LogP contribution in [0.5, 0.6) is 11.5 Å². The number of aryl methyl sites for hydroxylation is 1. The molecule has 0 aliphatic heterocycles. The molecule has 1 unspecified atom stereocenters. The van der Waals surface area contributed by atoms with Crippen LogP contribution in [0.2, 0.25) is 0 Å². The van der Waals surface area contributed by atoms with Crippen molar-refractivity contribution in [3.63, 3.8) is 0 Å². The van der Waals surface area contributed by atoms with Gasteiger partial charge in [0.1, 0.15) is 11.9 Å². The summed E-state index contributed by atoms with van der Waals surface area (Å²) in [7, 11) is 5.05. The molecule has 2 aromatic rings. The van der Waals surface area contributed by atoms with E-state index in [0.717, 1.165) is 5.56 Å². The Labute approximate surface area is 112 Å². The van der Waals surface area contributed by atoms with E-state index in [-0.39, 0.29) is 0 Å². The van der Waals surface area contributed by atoms with Gasteiger partial charge in [0.05, 0.1) is 14.2 Å². The number of imidazole rings is 1. The van der Waals surface area contributed by atoms with Crippen LogP contribution in [-0.2, 0) is 13.5 Å². The number of methoxy groups -OCH3 is 2. The number of aliphatic hydroxyl groups excluding tert-OH is 1. The molecule has 102 valence electrons. The van der Waals surface area contributed by atoms with E-state index in [2.05, 4.69) is 4.98 Å². The zero-order chi connectivity index (χ0) is 13.8. The van der Waals surface area contributed by atoms with Gasteiger partial charge in [-0.15, -0.1) is 0 Å². The van der Waals surface area contributed by atoms with Crippen LogP contribution in [0.15, 0.2) is 30.6 Å². The second kappa shape index (κ2) is 5.75. The van der Waals surface area contributed by atoms with Crippen LogP contribution in [-0.4, -0.2) is 28.9 Å². The van der Waals surface area contributed by atoms with Crippen molar-refractivity contribution in [2.75, 3.05) is 14.2 Å². The van der Waals surface area contributed by atoms with Crippen LogP contribution in [0.4, 0.5) is 0 Å². The number of nitrogens with zero attached hydrogens (tertiary/aromatic N) is 2. The van der Waals surface area contributed by atoms with E-state index in [4.69, 9.17) is 9.47 Å². The summed E-state index contributed by atoms with van der Waals surface area (Å²) in [5, 5.41) is 10.2. The molecule has 0 aliphatic rings. The number of benzene rings is 1. The number of hydrogen-bond acceptors (Lipinski definition) is 4. The predicted molar refractivity (Wildman–Crippen MR) is 71.4 cm³/mol. The zero-order valence-corrected chi connectivity index (χ0v) is 11.3. The Morgan fingerprint density at radius 1 is 1.26 bits per heavy atom. The van der Waals surface area contributed by atoms with E-state index < -0.39 is 6.10 Å². The molecule has 0 saturated carbocycles. The molecule has 1 aromatic heterocycles. The molecule has 1 N–H and O–H groups in total. The van der Waals surface area contributed by atoms with Crippen LogP contribution < -0.4 is 9.47 Å². The monoisotopic (exact) mass is 262 g/mol. The predicted octanol–water partition coefficient (Wildman–Crippen LogP) is 1.71. The highest BCUT2D eigenvalue weighted by atomic mass is 16.5. The van der Waals surface area contributed by atoms with E-state index >= 15 is 0 Å². The van der Waals surface area contributed by atoms with Gasteiger partial charge in [0.2, 0.25) is 0 Å². The maximum Gasteiger partial charge on any atom is 0.160 e. The first-order chi connectivity index (χ1) is 9.15. The van der Waals surface area contributed by atoms with Crippen LogP contribution >= 0.6 is 0 Å². The van der Waals surface area contributed by atoms with Gasteiger partial charge in [-0.3, -0.25) is 0 Å². The topological polar surface area (TPSA) is 56.5 Å². The van der Waals surface area contributed by atoms with Crippen molar-refractivity contribution < 1.29 is 14.6 Å².